The lowest BCUT2D eigenvalue weighted by atomic mass is 10.0. The Labute approximate surface area is 200 Å². The van der Waals surface area contributed by atoms with Gasteiger partial charge in [0.05, 0.1) is 20.0 Å². The minimum absolute atomic E-state index is 0.156. The summed E-state index contributed by atoms with van der Waals surface area (Å²) >= 11 is 0. The molecule has 7 nitrogen and oxygen atoms in total. The van der Waals surface area contributed by atoms with Crippen LogP contribution in [0.2, 0.25) is 0 Å². The number of hydrogen-bond acceptors (Lipinski definition) is 5. The van der Waals surface area contributed by atoms with Crippen LogP contribution in [0.5, 0.6) is 11.5 Å². The number of hydrogen-bond donors (Lipinski definition) is 2. The first kappa shape index (κ1) is 24.9. The topological polar surface area (TPSA) is 89.8 Å². The third kappa shape index (κ3) is 7.40. The largest absolute Gasteiger partial charge is 0.493 e. The summed E-state index contributed by atoms with van der Waals surface area (Å²) in [7, 11) is 1.59. The summed E-state index contributed by atoms with van der Waals surface area (Å²) in [6.45, 7) is 5.19. The fraction of sp³-hybridized carbons (Fsp3) is 0.333. The molecule has 1 unspecified atom stereocenters. The maximum atomic E-state index is 13.0. The second-order valence-electron chi connectivity index (χ2n) is 8.43. The first-order valence-corrected chi connectivity index (χ1v) is 11.4. The number of carbonyl (C=O) groups excluding carboxylic acids is 2. The van der Waals surface area contributed by atoms with Crippen LogP contribution in [0.1, 0.15) is 41.9 Å². The Hall–Kier alpha value is -3.74. The summed E-state index contributed by atoms with van der Waals surface area (Å²) in [5.74, 6) is 1.26. The van der Waals surface area contributed by atoms with Crippen molar-refractivity contribution in [1.82, 2.24) is 10.6 Å². The molecule has 0 aliphatic carbocycles. The Morgan fingerprint density at radius 2 is 1.76 bits per heavy atom. The molecule has 0 radical (unpaired) electrons. The molecule has 180 valence electrons. The van der Waals surface area contributed by atoms with Gasteiger partial charge in [-0.3, -0.25) is 9.59 Å². The van der Waals surface area contributed by atoms with Crippen molar-refractivity contribution >= 4 is 11.8 Å². The minimum Gasteiger partial charge on any atom is -0.493 e. The van der Waals surface area contributed by atoms with E-state index in [2.05, 4.69) is 24.5 Å². The molecule has 0 aliphatic heterocycles. The van der Waals surface area contributed by atoms with E-state index in [9.17, 15) is 9.59 Å². The lowest BCUT2D eigenvalue weighted by molar-refractivity contribution is -0.123. The van der Waals surface area contributed by atoms with Gasteiger partial charge in [0.2, 0.25) is 5.91 Å². The Balaban J connectivity index is 1.65. The van der Waals surface area contributed by atoms with E-state index in [0.29, 0.717) is 30.4 Å². The van der Waals surface area contributed by atoms with Gasteiger partial charge in [-0.1, -0.05) is 50.2 Å². The molecule has 2 aromatic carbocycles. The van der Waals surface area contributed by atoms with Gasteiger partial charge in [-0.15, -0.1) is 0 Å². The monoisotopic (exact) mass is 464 g/mol. The molecule has 3 rings (SSSR count). The van der Waals surface area contributed by atoms with Gasteiger partial charge >= 0.3 is 0 Å². The maximum absolute atomic E-state index is 13.0. The van der Waals surface area contributed by atoms with Crippen LogP contribution in [0, 0.1) is 5.92 Å². The van der Waals surface area contributed by atoms with Crippen molar-refractivity contribution in [3.05, 3.63) is 83.8 Å². The number of carbonyl (C=O) groups is 2. The summed E-state index contributed by atoms with van der Waals surface area (Å²) in [5, 5.41) is 5.70. The van der Waals surface area contributed by atoms with Crippen LogP contribution in [0.15, 0.2) is 71.3 Å². The molecule has 2 amide bonds. The second kappa shape index (κ2) is 12.5. The van der Waals surface area contributed by atoms with E-state index in [-0.39, 0.29) is 18.2 Å². The van der Waals surface area contributed by atoms with E-state index >= 15 is 0 Å². The average molecular weight is 465 g/mol. The number of furan rings is 1. The zero-order valence-corrected chi connectivity index (χ0v) is 19.9. The van der Waals surface area contributed by atoms with Gasteiger partial charge in [-0.05, 0) is 47.7 Å². The van der Waals surface area contributed by atoms with Crippen molar-refractivity contribution in [3.8, 4) is 11.5 Å². The number of benzene rings is 2. The first-order valence-electron chi connectivity index (χ1n) is 11.4. The summed E-state index contributed by atoms with van der Waals surface area (Å²) < 4.78 is 16.5. The standard InChI is InChI=1S/C27H32N2O5/c1-19(2)13-15-34-23-12-11-21(17-25(23)32-3)18-28-26(30)22(16-20-8-5-4-6-9-20)29-27(31)24-10-7-14-33-24/h4-12,14,17,19,22H,13,15-16,18H2,1-3H3,(H,28,30)(H,29,31). The molecule has 0 saturated heterocycles. The lowest BCUT2D eigenvalue weighted by Gasteiger charge is -2.19. The number of ether oxygens (including phenoxy) is 2. The molecule has 1 atom stereocenters. The SMILES string of the molecule is COc1cc(CNC(=O)C(Cc2ccccc2)NC(=O)c2ccco2)ccc1OCCC(C)C. The highest BCUT2D eigenvalue weighted by molar-refractivity contribution is 5.95. The normalized spacial score (nSPS) is 11.6. The summed E-state index contributed by atoms with van der Waals surface area (Å²) in [4.78, 5) is 25.6. The first-order chi connectivity index (χ1) is 16.5. The number of rotatable bonds is 12. The van der Waals surface area contributed by atoms with Crippen molar-refractivity contribution in [3.63, 3.8) is 0 Å². The van der Waals surface area contributed by atoms with Gasteiger partial charge in [0.15, 0.2) is 17.3 Å². The summed E-state index contributed by atoms with van der Waals surface area (Å²) in [5.41, 5.74) is 1.80. The van der Waals surface area contributed by atoms with Gasteiger partial charge in [0, 0.05) is 13.0 Å². The zero-order chi connectivity index (χ0) is 24.3. The minimum atomic E-state index is -0.763. The van der Waals surface area contributed by atoms with E-state index in [1.807, 2.05) is 48.5 Å². The average Bonchev–Trinajstić information content (AvgIpc) is 3.38. The Bertz CT molecular complexity index is 1050. The molecule has 1 aromatic heterocycles. The predicted octanol–water partition coefficient (Wildman–Crippen LogP) is 4.37. The van der Waals surface area contributed by atoms with E-state index in [1.54, 1.807) is 19.2 Å². The number of amides is 2. The van der Waals surface area contributed by atoms with Crippen LogP contribution in [-0.2, 0) is 17.8 Å². The van der Waals surface area contributed by atoms with E-state index in [0.717, 1.165) is 17.5 Å². The molecule has 0 bridgehead atoms. The van der Waals surface area contributed by atoms with Crippen molar-refractivity contribution in [2.24, 2.45) is 5.92 Å². The van der Waals surface area contributed by atoms with E-state index in [1.165, 1.54) is 6.26 Å². The predicted molar refractivity (Wildman–Crippen MR) is 130 cm³/mol. The highest BCUT2D eigenvalue weighted by Gasteiger charge is 2.23. The van der Waals surface area contributed by atoms with Crippen molar-refractivity contribution < 1.29 is 23.5 Å². The zero-order valence-electron chi connectivity index (χ0n) is 19.9. The molecular formula is C27H32N2O5. The van der Waals surface area contributed by atoms with E-state index < -0.39 is 11.9 Å². The fourth-order valence-corrected chi connectivity index (χ4v) is 3.35. The van der Waals surface area contributed by atoms with Crippen LogP contribution < -0.4 is 20.1 Å². The Morgan fingerprint density at radius 3 is 2.44 bits per heavy atom. The second-order valence-corrected chi connectivity index (χ2v) is 8.43. The van der Waals surface area contributed by atoms with Gasteiger partial charge in [0.25, 0.3) is 5.91 Å². The van der Waals surface area contributed by atoms with Gasteiger partial charge in [-0.25, -0.2) is 0 Å². The van der Waals surface area contributed by atoms with E-state index in [4.69, 9.17) is 13.9 Å². The summed E-state index contributed by atoms with van der Waals surface area (Å²) in [6, 6.07) is 17.6. The molecule has 0 saturated carbocycles. The van der Waals surface area contributed by atoms with Crippen LogP contribution in [-0.4, -0.2) is 31.6 Å². The third-order valence-corrected chi connectivity index (χ3v) is 5.30. The van der Waals surface area contributed by atoms with Crippen LogP contribution in [0.25, 0.3) is 0 Å². The van der Waals surface area contributed by atoms with Crippen LogP contribution in [0.4, 0.5) is 0 Å². The molecule has 2 N–H and O–H groups in total. The van der Waals surface area contributed by atoms with Crippen LogP contribution >= 0.6 is 0 Å². The quantitative estimate of drug-likeness (QED) is 0.415. The molecule has 0 spiro atoms. The van der Waals surface area contributed by atoms with Crippen LogP contribution in [0.3, 0.4) is 0 Å². The Kier molecular flexibility index (Phi) is 9.14. The maximum Gasteiger partial charge on any atom is 0.287 e. The fourth-order valence-electron chi connectivity index (χ4n) is 3.35. The lowest BCUT2D eigenvalue weighted by Crippen LogP contribution is -2.47. The smallest absolute Gasteiger partial charge is 0.287 e. The summed E-state index contributed by atoms with van der Waals surface area (Å²) in [6.07, 6.45) is 2.73. The highest BCUT2D eigenvalue weighted by atomic mass is 16.5. The molecule has 0 aliphatic rings. The third-order valence-electron chi connectivity index (χ3n) is 5.30. The van der Waals surface area contributed by atoms with Crippen molar-refractivity contribution in [2.75, 3.05) is 13.7 Å². The molecule has 0 fully saturated rings. The molecule has 34 heavy (non-hydrogen) atoms. The van der Waals surface area contributed by atoms with Crippen molar-refractivity contribution in [2.45, 2.75) is 39.3 Å². The molecular weight excluding hydrogens is 432 g/mol. The Morgan fingerprint density at radius 1 is 0.971 bits per heavy atom. The molecule has 7 heteroatoms. The van der Waals surface area contributed by atoms with Gasteiger partial charge in [0.1, 0.15) is 6.04 Å². The molecule has 1 heterocycles. The molecule has 3 aromatic rings. The van der Waals surface area contributed by atoms with Crippen molar-refractivity contribution in [1.29, 1.82) is 0 Å². The van der Waals surface area contributed by atoms with Gasteiger partial charge in [-0.2, -0.15) is 0 Å². The number of methoxy groups -OCH3 is 1. The number of nitrogens with one attached hydrogen (secondary N) is 2. The highest BCUT2D eigenvalue weighted by Crippen LogP contribution is 2.28. The van der Waals surface area contributed by atoms with Gasteiger partial charge < -0.3 is 24.5 Å².